The molecular weight excluding hydrogens is 276 g/mol. The van der Waals surface area contributed by atoms with Gasteiger partial charge in [0.05, 0.1) is 5.41 Å². The minimum atomic E-state index is -0.772. The summed E-state index contributed by atoms with van der Waals surface area (Å²) in [6.45, 7) is 0.915. The smallest absolute Gasteiger partial charge is 0.317 e. The fourth-order valence-electron chi connectivity index (χ4n) is 2.58. The molecule has 0 aliphatic heterocycles. The average molecular weight is 302 g/mol. The third kappa shape index (κ3) is 4.89. The molecule has 0 aromatic heterocycles. The molecule has 0 aromatic rings. The summed E-state index contributed by atoms with van der Waals surface area (Å²) in [6, 6.07) is -0.177. The molecule has 2 N–H and O–H groups in total. The van der Waals surface area contributed by atoms with Gasteiger partial charge >= 0.3 is 12.0 Å². The van der Waals surface area contributed by atoms with E-state index in [-0.39, 0.29) is 12.6 Å². The first-order valence-electron chi connectivity index (χ1n) is 7.23. The van der Waals surface area contributed by atoms with Crippen molar-refractivity contribution in [2.75, 3.05) is 32.1 Å². The van der Waals surface area contributed by atoms with Crippen molar-refractivity contribution in [3.8, 4) is 0 Å². The maximum Gasteiger partial charge on any atom is 0.317 e. The molecule has 0 unspecified atom stereocenters. The van der Waals surface area contributed by atoms with Crippen LogP contribution in [0.4, 0.5) is 4.79 Å². The molecule has 0 radical (unpaired) electrons. The second-order valence-electron chi connectivity index (χ2n) is 5.57. The minimum absolute atomic E-state index is 0.177. The maximum absolute atomic E-state index is 12.0. The number of aliphatic carboxylic acids is 1. The van der Waals surface area contributed by atoms with Crippen LogP contribution in [-0.4, -0.2) is 54.2 Å². The number of carboxylic acid groups (broad SMARTS) is 1. The molecule has 2 amide bonds. The van der Waals surface area contributed by atoms with Crippen molar-refractivity contribution in [2.45, 2.75) is 38.5 Å². The number of rotatable bonds is 6. The van der Waals surface area contributed by atoms with E-state index in [1.807, 2.05) is 6.26 Å². The Balaban J connectivity index is 2.54. The van der Waals surface area contributed by atoms with Gasteiger partial charge in [-0.15, -0.1) is 0 Å². The Morgan fingerprint density at radius 1 is 1.25 bits per heavy atom. The fraction of sp³-hybridized carbons (Fsp3) is 0.857. The first kappa shape index (κ1) is 17.1. The topological polar surface area (TPSA) is 69.6 Å². The quantitative estimate of drug-likeness (QED) is 0.739. The molecule has 1 aliphatic carbocycles. The van der Waals surface area contributed by atoms with E-state index in [1.165, 1.54) is 0 Å². The first-order chi connectivity index (χ1) is 9.52. The fourth-order valence-corrected chi connectivity index (χ4v) is 3.04. The van der Waals surface area contributed by atoms with E-state index in [4.69, 9.17) is 0 Å². The molecule has 20 heavy (non-hydrogen) atoms. The Kier molecular flexibility index (Phi) is 7.19. The molecule has 1 saturated carbocycles. The van der Waals surface area contributed by atoms with Crippen molar-refractivity contribution in [3.05, 3.63) is 0 Å². The second-order valence-corrected chi connectivity index (χ2v) is 6.56. The maximum atomic E-state index is 12.0. The lowest BCUT2D eigenvalue weighted by molar-refractivity contribution is -0.149. The summed E-state index contributed by atoms with van der Waals surface area (Å²) in [5, 5.41) is 12.3. The van der Waals surface area contributed by atoms with E-state index in [9.17, 15) is 14.7 Å². The summed E-state index contributed by atoms with van der Waals surface area (Å²) >= 11 is 1.68. The largest absolute Gasteiger partial charge is 0.481 e. The van der Waals surface area contributed by atoms with Crippen LogP contribution in [0.15, 0.2) is 0 Å². The van der Waals surface area contributed by atoms with Gasteiger partial charge in [0.25, 0.3) is 0 Å². The molecule has 116 valence electrons. The third-order valence-electron chi connectivity index (χ3n) is 4.07. The summed E-state index contributed by atoms with van der Waals surface area (Å²) in [6.07, 6.45) is 7.38. The van der Waals surface area contributed by atoms with Crippen molar-refractivity contribution in [2.24, 2.45) is 5.41 Å². The van der Waals surface area contributed by atoms with Gasteiger partial charge in [-0.05, 0) is 19.1 Å². The zero-order valence-electron chi connectivity index (χ0n) is 12.5. The first-order valence-corrected chi connectivity index (χ1v) is 8.62. The highest BCUT2D eigenvalue weighted by molar-refractivity contribution is 7.98. The predicted molar refractivity (Wildman–Crippen MR) is 82.2 cm³/mol. The number of carboxylic acids is 1. The van der Waals surface area contributed by atoms with E-state index in [1.54, 1.807) is 23.7 Å². The van der Waals surface area contributed by atoms with E-state index in [0.29, 0.717) is 19.4 Å². The van der Waals surface area contributed by atoms with Gasteiger partial charge in [-0.25, -0.2) is 4.79 Å². The molecule has 1 aliphatic rings. The second kappa shape index (κ2) is 8.39. The molecule has 5 nitrogen and oxygen atoms in total. The molecule has 0 bridgehead atoms. The highest BCUT2D eigenvalue weighted by atomic mass is 32.2. The number of carbonyl (C=O) groups excluding carboxylic acids is 1. The van der Waals surface area contributed by atoms with Crippen LogP contribution >= 0.6 is 11.8 Å². The molecular formula is C14H26N2O3S. The third-order valence-corrected chi connectivity index (χ3v) is 4.66. The van der Waals surface area contributed by atoms with Crippen LogP contribution in [0.3, 0.4) is 0 Å². The number of thioether (sulfide) groups is 1. The van der Waals surface area contributed by atoms with Crippen LogP contribution in [-0.2, 0) is 4.79 Å². The lowest BCUT2D eigenvalue weighted by Gasteiger charge is -2.29. The van der Waals surface area contributed by atoms with Gasteiger partial charge < -0.3 is 15.3 Å². The number of nitrogens with one attached hydrogen (secondary N) is 1. The Morgan fingerprint density at radius 2 is 1.85 bits per heavy atom. The normalized spacial score (nSPS) is 18.1. The summed E-state index contributed by atoms with van der Waals surface area (Å²) in [5.74, 6) is 0.111. The van der Waals surface area contributed by atoms with E-state index < -0.39 is 11.4 Å². The van der Waals surface area contributed by atoms with Crippen LogP contribution in [0.5, 0.6) is 0 Å². The Morgan fingerprint density at radius 3 is 2.35 bits per heavy atom. The molecule has 0 heterocycles. The molecule has 0 saturated heterocycles. The van der Waals surface area contributed by atoms with Gasteiger partial charge in [-0.3, -0.25) is 4.79 Å². The number of amides is 2. The van der Waals surface area contributed by atoms with Gasteiger partial charge in [-0.1, -0.05) is 25.7 Å². The van der Waals surface area contributed by atoms with Gasteiger partial charge in [0.2, 0.25) is 0 Å². The number of carbonyl (C=O) groups is 2. The van der Waals surface area contributed by atoms with Gasteiger partial charge in [0.1, 0.15) is 0 Å². The lowest BCUT2D eigenvalue weighted by atomic mass is 9.80. The summed E-state index contributed by atoms with van der Waals surface area (Å²) in [4.78, 5) is 25.2. The molecule has 0 spiro atoms. The number of hydrogen-bond donors (Lipinski definition) is 2. The summed E-state index contributed by atoms with van der Waals surface area (Å²) in [5.41, 5.74) is -0.771. The van der Waals surface area contributed by atoms with E-state index >= 15 is 0 Å². The molecule has 6 heteroatoms. The standard InChI is InChI=1S/C14H26N2O3S/c1-16(9-10-20-2)13(19)15-11-14(12(17)18)7-5-3-4-6-8-14/h3-11H2,1-2H3,(H,15,19)(H,17,18). The van der Waals surface area contributed by atoms with Crippen LogP contribution in [0, 0.1) is 5.41 Å². The highest BCUT2D eigenvalue weighted by Gasteiger charge is 2.39. The SMILES string of the molecule is CSCCN(C)C(=O)NCC1(C(=O)O)CCCCCC1. The molecule has 0 atom stereocenters. The van der Waals surface area contributed by atoms with Crippen molar-refractivity contribution in [1.29, 1.82) is 0 Å². The van der Waals surface area contributed by atoms with Crippen LogP contribution in [0.2, 0.25) is 0 Å². The number of urea groups is 1. The van der Waals surface area contributed by atoms with Gasteiger partial charge in [0.15, 0.2) is 0 Å². The average Bonchev–Trinajstić information content (AvgIpc) is 2.68. The van der Waals surface area contributed by atoms with Crippen molar-refractivity contribution >= 4 is 23.8 Å². The van der Waals surface area contributed by atoms with Crippen molar-refractivity contribution in [1.82, 2.24) is 10.2 Å². The monoisotopic (exact) mass is 302 g/mol. The predicted octanol–water partition coefficient (Wildman–Crippen LogP) is 2.42. The Labute approximate surface area is 125 Å². The zero-order chi connectivity index (χ0) is 15.0. The minimum Gasteiger partial charge on any atom is -0.481 e. The lowest BCUT2D eigenvalue weighted by Crippen LogP contribution is -2.47. The molecule has 0 aromatic carbocycles. The van der Waals surface area contributed by atoms with Crippen LogP contribution in [0.1, 0.15) is 38.5 Å². The molecule has 1 rings (SSSR count). The van der Waals surface area contributed by atoms with Gasteiger partial charge in [-0.2, -0.15) is 11.8 Å². The summed E-state index contributed by atoms with van der Waals surface area (Å²) < 4.78 is 0. The van der Waals surface area contributed by atoms with Crippen molar-refractivity contribution in [3.63, 3.8) is 0 Å². The molecule has 1 fully saturated rings. The van der Waals surface area contributed by atoms with Gasteiger partial charge in [0, 0.05) is 25.9 Å². The number of hydrogen-bond acceptors (Lipinski definition) is 3. The Hall–Kier alpha value is -0.910. The summed E-state index contributed by atoms with van der Waals surface area (Å²) in [7, 11) is 1.74. The van der Waals surface area contributed by atoms with Crippen molar-refractivity contribution < 1.29 is 14.7 Å². The highest BCUT2D eigenvalue weighted by Crippen LogP contribution is 2.34. The Bertz CT molecular complexity index is 328. The van der Waals surface area contributed by atoms with Crippen LogP contribution < -0.4 is 5.32 Å². The zero-order valence-corrected chi connectivity index (χ0v) is 13.3. The van der Waals surface area contributed by atoms with E-state index in [2.05, 4.69) is 5.32 Å². The van der Waals surface area contributed by atoms with E-state index in [0.717, 1.165) is 31.4 Å². The number of nitrogens with zero attached hydrogens (tertiary/aromatic N) is 1. The van der Waals surface area contributed by atoms with Crippen LogP contribution in [0.25, 0.3) is 0 Å².